The molecule has 0 unspecified atom stereocenters. The van der Waals surface area contributed by atoms with Gasteiger partial charge in [-0.2, -0.15) is 0 Å². The molecule has 0 bridgehead atoms. The molecule has 0 spiro atoms. The first-order valence-corrected chi connectivity index (χ1v) is 6.64. The van der Waals surface area contributed by atoms with Gasteiger partial charge in [-0.3, -0.25) is 9.78 Å². The monoisotopic (exact) mass is 262 g/mol. The van der Waals surface area contributed by atoms with Crippen LogP contribution in [0.1, 0.15) is 48.9 Å². The minimum Gasteiger partial charge on any atom is -0.478 e. The summed E-state index contributed by atoms with van der Waals surface area (Å²) < 4.78 is 0. The van der Waals surface area contributed by atoms with E-state index < -0.39 is 5.97 Å². The largest absolute Gasteiger partial charge is 0.478 e. The SMILES string of the molecule is O=C(CCC1CCCC1)Nc1cnccc1C(=O)O. The van der Waals surface area contributed by atoms with E-state index in [-0.39, 0.29) is 17.2 Å². The van der Waals surface area contributed by atoms with Crippen molar-refractivity contribution in [3.63, 3.8) is 0 Å². The Morgan fingerprint density at radius 1 is 1.37 bits per heavy atom. The maximum atomic E-state index is 11.8. The van der Waals surface area contributed by atoms with Crippen molar-refractivity contribution in [1.29, 1.82) is 0 Å². The second kappa shape index (κ2) is 6.31. The van der Waals surface area contributed by atoms with Crippen LogP contribution in [0, 0.1) is 5.92 Å². The third-order valence-corrected chi connectivity index (χ3v) is 3.58. The van der Waals surface area contributed by atoms with Gasteiger partial charge in [-0.15, -0.1) is 0 Å². The number of nitrogens with zero attached hydrogens (tertiary/aromatic N) is 1. The van der Waals surface area contributed by atoms with E-state index >= 15 is 0 Å². The molecule has 0 atom stereocenters. The van der Waals surface area contributed by atoms with Gasteiger partial charge in [0.2, 0.25) is 5.91 Å². The molecule has 1 amide bonds. The van der Waals surface area contributed by atoms with Crippen molar-refractivity contribution < 1.29 is 14.7 Å². The van der Waals surface area contributed by atoms with E-state index in [4.69, 9.17) is 5.11 Å². The summed E-state index contributed by atoms with van der Waals surface area (Å²) in [5.74, 6) is -0.547. The molecule has 0 saturated heterocycles. The van der Waals surface area contributed by atoms with Crippen LogP contribution >= 0.6 is 0 Å². The highest BCUT2D eigenvalue weighted by Gasteiger charge is 2.17. The lowest BCUT2D eigenvalue weighted by molar-refractivity contribution is -0.116. The number of hydrogen-bond acceptors (Lipinski definition) is 3. The highest BCUT2D eigenvalue weighted by molar-refractivity contribution is 6.00. The fourth-order valence-electron chi connectivity index (χ4n) is 2.53. The van der Waals surface area contributed by atoms with Crippen molar-refractivity contribution in [3.05, 3.63) is 24.0 Å². The Morgan fingerprint density at radius 2 is 2.11 bits per heavy atom. The topological polar surface area (TPSA) is 79.3 Å². The van der Waals surface area contributed by atoms with E-state index in [9.17, 15) is 9.59 Å². The van der Waals surface area contributed by atoms with Gasteiger partial charge in [0.15, 0.2) is 0 Å². The number of carbonyl (C=O) groups is 2. The van der Waals surface area contributed by atoms with Gasteiger partial charge in [0, 0.05) is 12.6 Å². The summed E-state index contributed by atoms with van der Waals surface area (Å²) >= 11 is 0. The molecule has 1 aromatic rings. The average Bonchev–Trinajstić information content (AvgIpc) is 2.90. The number of hydrogen-bond donors (Lipinski definition) is 2. The molecule has 2 N–H and O–H groups in total. The third kappa shape index (κ3) is 3.77. The molecule has 5 heteroatoms. The average molecular weight is 262 g/mol. The Bertz CT molecular complexity index is 468. The van der Waals surface area contributed by atoms with Crippen LogP contribution in [0.2, 0.25) is 0 Å². The van der Waals surface area contributed by atoms with Gasteiger partial charge in [0.1, 0.15) is 0 Å². The number of carboxylic acids is 1. The molecule has 1 fully saturated rings. The molecule has 1 aromatic heterocycles. The molecule has 2 rings (SSSR count). The Balaban J connectivity index is 1.89. The Labute approximate surface area is 112 Å². The van der Waals surface area contributed by atoms with Crippen LogP contribution < -0.4 is 5.32 Å². The Hall–Kier alpha value is -1.91. The van der Waals surface area contributed by atoms with E-state index in [0.29, 0.717) is 12.3 Å². The molecule has 0 aromatic carbocycles. The highest BCUT2D eigenvalue weighted by Crippen LogP contribution is 2.28. The number of aromatic carboxylic acids is 1. The van der Waals surface area contributed by atoms with Crippen LogP contribution in [-0.4, -0.2) is 22.0 Å². The van der Waals surface area contributed by atoms with Crippen molar-refractivity contribution >= 4 is 17.6 Å². The van der Waals surface area contributed by atoms with E-state index in [2.05, 4.69) is 10.3 Å². The summed E-state index contributed by atoms with van der Waals surface area (Å²) in [6.07, 6.45) is 9.04. The summed E-state index contributed by atoms with van der Waals surface area (Å²) in [7, 11) is 0. The lowest BCUT2D eigenvalue weighted by Crippen LogP contribution is -2.15. The predicted octanol–water partition coefficient (Wildman–Crippen LogP) is 2.69. The molecule has 19 heavy (non-hydrogen) atoms. The zero-order chi connectivity index (χ0) is 13.7. The van der Waals surface area contributed by atoms with E-state index in [1.165, 1.54) is 44.1 Å². The van der Waals surface area contributed by atoms with E-state index in [0.717, 1.165) is 6.42 Å². The van der Waals surface area contributed by atoms with Crippen molar-refractivity contribution in [3.8, 4) is 0 Å². The van der Waals surface area contributed by atoms with Crippen LogP contribution in [0.5, 0.6) is 0 Å². The molecular formula is C14H18N2O3. The fraction of sp³-hybridized carbons (Fsp3) is 0.500. The first-order valence-electron chi connectivity index (χ1n) is 6.64. The standard InChI is InChI=1S/C14H18N2O3/c17-13(6-5-10-3-1-2-4-10)16-12-9-15-8-7-11(12)14(18)19/h7-10H,1-6H2,(H,16,17)(H,18,19). The number of amides is 1. The van der Waals surface area contributed by atoms with Crippen LogP contribution in [0.4, 0.5) is 5.69 Å². The summed E-state index contributed by atoms with van der Waals surface area (Å²) in [6.45, 7) is 0. The van der Waals surface area contributed by atoms with Gasteiger partial charge in [-0.1, -0.05) is 25.7 Å². The third-order valence-electron chi connectivity index (χ3n) is 3.58. The maximum Gasteiger partial charge on any atom is 0.337 e. The first kappa shape index (κ1) is 13.5. The second-order valence-corrected chi connectivity index (χ2v) is 4.96. The number of carbonyl (C=O) groups excluding carboxylic acids is 1. The number of nitrogens with one attached hydrogen (secondary N) is 1. The Morgan fingerprint density at radius 3 is 2.79 bits per heavy atom. The zero-order valence-corrected chi connectivity index (χ0v) is 10.8. The number of rotatable bonds is 5. The van der Waals surface area contributed by atoms with Gasteiger partial charge < -0.3 is 10.4 Å². The minimum absolute atomic E-state index is 0.0733. The molecule has 1 saturated carbocycles. The normalized spacial score (nSPS) is 15.4. The van der Waals surface area contributed by atoms with Crippen LogP contribution in [0.3, 0.4) is 0 Å². The molecule has 0 aliphatic heterocycles. The molecule has 5 nitrogen and oxygen atoms in total. The van der Waals surface area contributed by atoms with Gasteiger partial charge in [0.25, 0.3) is 0 Å². The van der Waals surface area contributed by atoms with Crippen LogP contribution in [-0.2, 0) is 4.79 Å². The van der Waals surface area contributed by atoms with E-state index in [1.807, 2.05) is 0 Å². The lowest BCUT2D eigenvalue weighted by atomic mass is 10.0. The molecule has 1 aliphatic carbocycles. The highest BCUT2D eigenvalue weighted by atomic mass is 16.4. The van der Waals surface area contributed by atoms with Crippen molar-refractivity contribution in [1.82, 2.24) is 4.98 Å². The van der Waals surface area contributed by atoms with Gasteiger partial charge in [0.05, 0.1) is 17.4 Å². The summed E-state index contributed by atoms with van der Waals surface area (Å²) in [5, 5.41) is 11.6. The summed E-state index contributed by atoms with van der Waals surface area (Å²) in [4.78, 5) is 26.6. The fourth-order valence-corrected chi connectivity index (χ4v) is 2.53. The van der Waals surface area contributed by atoms with E-state index in [1.54, 1.807) is 0 Å². The van der Waals surface area contributed by atoms with Crippen molar-refractivity contribution in [2.24, 2.45) is 5.92 Å². The lowest BCUT2D eigenvalue weighted by Gasteiger charge is -2.10. The molecular weight excluding hydrogens is 244 g/mol. The zero-order valence-electron chi connectivity index (χ0n) is 10.8. The summed E-state index contributed by atoms with van der Waals surface area (Å²) in [5.41, 5.74) is 0.343. The quantitative estimate of drug-likeness (QED) is 0.855. The number of pyridine rings is 1. The second-order valence-electron chi connectivity index (χ2n) is 4.96. The van der Waals surface area contributed by atoms with Crippen molar-refractivity contribution in [2.45, 2.75) is 38.5 Å². The minimum atomic E-state index is -1.06. The van der Waals surface area contributed by atoms with Crippen molar-refractivity contribution in [2.75, 3.05) is 5.32 Å². The number of aromatic nitrogens is 1. The van der Waals surface area contributed by atoms with Crippen LogP contribution in [0.15, 0.2) is 18.5 Å². The number of anilines is 1. The molecule has 1 aliphatic rings. The smallest absolute Gasteiger partial charge is 0.337 e. The van der Waals surface area contributed by atoms with Crippen LogP contribution in [0.25, 0.3) is 0 Å². The van der Waals surface area contributed by atoms with Gasteiger partial charge in [-0.05, 0) is 18.4 Å². The molecule has 102 valence electrons. The van der Waals surface area contributed by atoms with Gasteiger partial charge >= 0.3 is 5.97 Å². The predicted molar refractivity (Wildman–Crippen MR) is 71.0 cm³/mol. The first-order chi connectivity index (χ1) is 9.16. The maximum absolute atomic E-state index is 11.8. The molecule has 1 heterocycles. The van der Waals surface area contributed by atoms with Gasteiger partial charge in [-0.25, -0.2) is 4.79 Å². The Kier molecular flexibility index (Phi) is 4.49. The molecule has 0 radical (unpaired) electrons. The summed E-state index contributed by atoms with van der Waals surface area (Å²) in [6, 6.07) is 1.38. The number of carboxylic acid groups (broad SMARTS) is 1.